The Hall–Kier alpha value is -1.02. The predicted molar refractivity (Wildman–Crippen MR) is 114 cm³/mol. The van der Waals surface area contributed by atoms with Gasteiger partial charge in [-0.2, -0.15) is 0 Å². The minimum atomic E-state index is -0.384. The largest absolute Gasteiger partial charge is 0.369 e. The standard InChI is InChI=1S/C16H33N7O3.HI/c17-14(24)11-21-6-2-7-23(13-16(19)26)10-9-22(12-15(18)25)5-1-3-20-4-8-21;/h20H,1-13H2,(H2,17,24)(H2,18,25)(H2,19,26);1H. The van der Waals surface area contributed by atoms with E-state index in [1.807, 2.05) is 14.7 Å². The number of hydrogen-bond donors (Lipinski definition) is 4. The van der Waals surface area contributed by atoms with Crippen LogP contribution in [-0.2, 0) is 14.4 Å². The van der Waals surface area contributed by atoms with Gasteiger partial charge in [0.05, 0.1) is 19.6 Å². The average Bonchev–Trinajstić information content (AvgIpc) is 2.52. The highest BCUT2D eigenvalue weighted by molar-refractivity contribution is 14.0. The monoisotopic (exact) mass is 499 g/mol. The minimum absolute atomic E-state index is 0. The van der Waals surface area contributed by atoms with E-state index in [1.54, 1.807) is 0 Å². The van der Waals surface area contributed by atoms with Crippen LogP contribution < -0.4 is 22.5 Å². The lowest BCUT2D eigenvalue weighted by Crippen LogP contribution is -2.45. The van der Waals surface area contributed by atoms with Crippen molar-refractivity contribution < 1.29 is 14.4 Å². The highest BCUT2D eigenvalue weighted by atomic mass is 127. The zero-order chi connectivity index (χ0) is 19.4. The molecule has 0 bridgehead atoms. The van der Waals surface area contributed by atoms with E-state index in [9.17, 15) is 14.4 Å². The number of carbonyl (C=O) groups excluding carboxylic acids is 3. The first-order valence-corrected chi connectivity index (χ1v) is 9.09. The highest BCUT2D eigenvalue weighted by Gasteiger charge is 2.15. The molecule has 0 atom stereocenters. The molecule has 0 saturated carbocycles. The van der Waals surface area contributed by atoms with Gasteiger partial charge in [0, 0.05) is 26.2 Å². The third-order valence-corrected chi connectivity index (χ3v) is 4.25. The molecule has 0 aliphatic carbocycles. The van der Waals surface area contributed by atoms with Crippen molar-refractivity contribution in [3.63, 3.8) is 0 Å². The molecule has 0 unspecified atom stereocenters. The van der Waals surface area contributed by atoms with Crippen LogP contribution in [-0.4, -0.2) is 104 Å². The van der Waals surface area contributed by atoms with E-state index in [4.69, 9.17) is 17.2 Å². The van der Waals surface area contributed by atoms with Gasteiger partial charge in [0.15, 0.2) is 0 Å². The van der Waals surface area contributed by atoms with E-state index in [0.717, 1.165) is 39.0 Å². The van der Waals surface area contributed by atoms with Crippen molar-refractivity contribution in [1.82, 2.24) is 20.0 Å². The van der Waals surface area contributed by atoms with Gasteiger partial charge in [-0.05, 0) is 39.0 Å². The lowest BCUT2D eigenvalue weighted by atomic mass is 10.3. The van der Waals surface area contributed by atoms with Crippen LogP contribution >= 0.6 is 24.0 Å². The van der Waals surface area contributed by atoms with Crippen molar-refractivity contribution in [2.75, 3.05) is 72.0 Å². The molecule has 3 amide bonds. The quantitative estimate of drug-likeness (QED) is 0.292. The van der Waals surface area contributed by atoms with Gasteiger partial charge in [0.1, 0.15) is 0 Å². The summed E-state index contributed by atoms with van der Waals surface area (Å²) in [6.07, 6.45) is 1.66. The molecular formula is C16H34IN7O3. The van der Waals surface area contributed by atoms with Gasteiger partial charge in [0.2, 0.25) is 17.7 Å². The van der Waals surface area contributed by atoms with Gasteiger partial charge in [-0.15, -0.1) is 24.0 Å². The van der Waals surface area contributed by atoms with Gasteiger partial charge in [-0.25, -0.2) is 0 Å². The zero-order valence-corrected chi connectivity index (χ0v) is 18.2. The Morgan fingerprint density at radius 1 is 0.630 bits per heavy atom. The van der Waals surface area contributed by atoms with Gasteiger partial charge in [-0.1, -0.05) is 0 Å². The molecular weight excluding hydrogens is 465 g/mol. The number of amides is 3. The summed E-state index contributed by atoms with van der Waals surface area (Å²) in [6, 6.07) is 0. The molecule has 1 heterocycles. The molecule has 158 valence electrons. The fourth-order valence-corrected chi connectivity index (χ4v) is 3.06. The van der Waals surface area contributed by atoms with Crippen molar-refractivity contribution >= 4 is 41.7 Å². The molecule has 11 heteroatoms. The van der Waals surface area contributed by atoms with Crippen molar-refractivity contribution in [2.45, 2.75) is 12.8 Å². The second kappa shape index (κ2) is 15.0. The van der Waals surface area contributed by atoms with E-state index in [2.05, 4.69) is 5.32 Å². The van der Waals surface area contributed by atoms with Gasteiger partial charge in [0.25, 0.3) is 0 Å². The maximum Gasteiger partial charge on any atom is 0.231 e. The van der Waals surface area contributed by atoms with Crippen LogP contribution in [0.2, 0.25) is 0 Å². The highest BCUT2D eigenvalue weighted by Crippen LogP contribution is 1.99. The summed E-state index contributed by atoms with van der Waals surface area (Å²) in [6.45, 7) is 6.29. The summed E-state index contributed by atoms with van der Waals surface area (Å²) >= 11 is 0. The normalized spacial score (nSPS) is 19.6. The Bertz CT molecular complexity index is 467. The molecule has 0 radical (unpaired) electrons. The number of rotatable bonds is 6. The minimum Gasteiger partial charge on any atom is -0.369 e. The third kappa shape index (κ3) is 13.7. The first-order chi connectivity index (χ1) is 12.4. The Labute approximate surface area is 178 Å². The number of nitrogens with one attached hydrogen (secondary N) is 1. The fraction of sp³-hybridized carbons (Fsp3) is 0.812. The Morgan fingerprint density at radius 3 is 1.48 bits per heavy atom. The molecule has 1 aliphatic rings. The smallest absolute Gasteiger partial charge is 0.231 e. The summed E-state index contributed by atoms with van der Waals surface area (Å²) < 4.78 is 0. The van der Waals surface area contributed by atoms with E-state index < -0.39 is 0 Å². The lowest BCUT2D eigenvalue weighted by Gasteiger charge is -2.28. The summed E-state index contributed by atoms with van der Waals surface area (Å²) in [5, 5.41) is 3.34. The van der Waals surface area contributed by atoms with E-state index in [-0.39, 0.29) is 61.3 Å². The second-order valence-corrected chi connectivity index (χ2v) is 6.68. The molecule has 10 nitrogen and oxygen atoms in total. The van der Waals surface area contributed by atoms with Crippen LogP contribution in [0, 0.1) is 0 Å². The molecule has 1 rings (SSSR count). The van der Waals surface area contributed by atoms with Crippen LogP contribution in [0.4, 0.5) is 0 Å². The van der Waals surface area contributed by atoms with Crippen molar-refractivity contribution in [3.8, 4) is 0 Å². The topological polar surface area (TPSA) is 151 Å². The molecule has 1 fully saturated rings. The fourth-order valence-electron chi connectivity index (χ4n) is 3.06. The molecule has 1 aliphatic heterocycles. The predicted octanol–water partition coefficient (Wildman–Crippen LogP) is -2.65. The Kier molecular flexibility index (Phi) is 14.4. The van der Waals surface area contributed by atoms with E-state index in [0.29, 0.717) is 26.2 Å². The number of halogens is 1. The molecule has 0 aromatic heterocycles. The Morgan fingerprint density at radius 2 is 1.04 bits per heavy atom. The SMILES string of the molecule is I.NC(=O)CN1CCCN(CC(N)=O)CCN(CC(N)=O)CCCNCC1. The summed E-state index contributed by atoms with van der Waals surface area (Å²) in [5.74, 6) is -1.09. The second-order valence-electron chi connectivity index (χ2n) is 6.68. The van der Waals surface area contributed by atoms with Crippen molar-refractivity contribution in [1.29, 1.82) is 0 Å². The average molecular weight is 499 g/mol. The van der Waals surface area contributed by atoms with Crippen LogP contribution in [0.15, 0.2) is 0 Å². The van der Waals surface area contributed by atoms with Crippen LogP contribution in [0.3, 0.4) is 0 Å². The lowest BCUT2D eigenvalue weighted by molar-refractivity contribution is -0.120. The first-order valence-electron chi connectivity index (χ1n) is 9.09. The summed E-state index contributed by atoms with van der Waals surface area (Å²) in [7, 11) is 0. The molecule has 1 saturated heterocycles. The number of carbonyl (C=O) groups is 3. The number of primary amides is 3. The van der Waals surface area contributed by atoms with Crippen LogP contribution in [0.5, 0.6) is 0 Å². The van der Waals surface area contributed by atoms with Crippen LogP contribution in [0.25, 0.3) is 0 Å². The molecule has 27 heavy (non-hydrogen) atoms. The zero-order valence-electron chi connectivity index (χ0n) is 15.9. The van der Waals surface area contributed by atoms with Gasteiger partial charge >= 0.3 is 0 Å². The number of nitrogens with zero attached hydrogens (tertiary/aromatic N) is 3. The number of hydrogen-bond acceptors (Lipinski definition) is 7. The first kappa shape index (κ1) is 26.0. The van der Waals surface area contributed by atoms with Crippen molar-refractivity contribution in [2.24, 2.45) is 17.2 Å². The molecule has 0 aromatic rings. The molecule has 7 N–H and O–H groups in total. The summed E-state index contributed by atoms with van der Waals surface area (Å²) in [5.41, 5.74) is 16.0. The molecule has 0 spiro atoms. The third-order valence-electron chi connectivity index (χ3n) is 4.25. The molecule has 0 aromatic carbocycles. The number of nitrogens with two attached hydrogens (primary N) is 3. The van der Waals surface area contributed by atoms with Gasteiger partial charge < -0.3 is 22.5 Å². The summed E-state index contributed by atoms with van der Waals surface area (Å²) in [4.78, 5) is 39.8. The van der Waals surface area contributed by atoms with Crippen LogP contribution in [0.1, 0.15) is 12.8 Å². The maximum absolute atomic E-state index is 11.3. The van der Waals surface area contributed by atoms with E-state index in [1.165, 1.54) is 0 Å². The van der Waals surface area contributed by atoms with Gasteiger partial charge in [-0.3, -0.25) is 29.1 Å². The van der Waals surface area contributed by atoms with Crippen molar-refractivity contribution in [3.05, 3.63) is 0 Å². The van der Waals surface area contributed by atoms with E-state index >= 15 is 0 Å². The Balaban J connectivity index is 0.00000676. The maximum atomic E-state index is 11.3.